The Hall–Kier alpha value is -0.840. The number of methoxy groups -OCH3 is 1. The number of ether oxygens (including phenoxy) is 1. The number of nitrogens with one attached hydrogen (secondary N) is 1. The van der Waals surface area contributed by atoms with Crippen LogP contribution in [0.4, 0.5) is 0 Å². The van der Waals surface area contributed by atoms with Crippen molar-refractivity contribution in [1.29, 1.82) is 0 Å². The molecule has 0 amide bonds. The van der Waals surface area contributed by atoms with Gasteiger partial charge in [0.15, 0.2) is 0 Å². The van der Waals surface area contributed by atoms with Crippen LogP contribution in [0.1, 0.15) is 37.7 Å². The molecule has 0 spiro atoms. The predicted octanol–water partition coefficient (Wildman–Crippen LogP) is 3.72. The van der Waals surface area contributed by atoms with Crippen molar-refractivity contribution < 1.29 is 4.74 Å². The number of hydrogen-bond donors (Lipinski definition) is 2. The largest absolute Gasteiger partial charge is 0.496 e. The quantitative estimate of drug-likeness (QED) is 0.472. The maximum Gasteiger partial charge on any atom is 0.122 e. The molecule has 1 aromatic carbocycles. The summed E-state index contributed by atoms with van der Waals surface area (Å²) in [6, 6.07) is 6.35. The van der Waals surface area contributed by atoms with E-state index in [1.807, 2.05) is 12.1 Å². The molecular weight excluding hydrogens is 316 g/mol. The lowest BCUT2D eigenvalue weighted by atomic mass is 9.92. The number of nitrogens with two attached hydrogens (primary N) is 1. The van der Waals surface area contributed by atoms with Crippen molar-refractivity contribution in [2.24, 2.45) is 5.84 Å². The number of benzene rings is 1. The Morgan fingerprint density at radius 2 is 2.20 bits per heavy atom. The van der Waals surface area contributed by atoms with Crippen LogP contribution >= 0.6 is 15.9 Å². The molecule has 4 heteroatoms. The normalized spacial score (nSPS) is 16.6. The third-order valence-electron chi connectivity index (χ3n) is 3.84. The van der Waals surface area contributed by atoms with Gasteiger partial charge < -0.3 is 4.74 Å². The van der Waals surface area contributed by atoms with Crippen LogP contribution in [0, 0.1) is 0 Å². The molecule has 110 valence electrons. The Morgan fingerprint density at radius 3 is 2.85 bits per heavy atom. The summed E-state index contributed by atoms with van der Waals surface area (Å²) in [5.74, 6) is 6.66. The monoisotopic (exact) mass is 338 g/mol. The van der Waals surface area contributed by atoms with Crippen LogP contribution < -0.4 is 16.0 Å². The highest BCUT2D eigenvalue weighted by Crippen LogP contribution is 2.27. The SMILES string of the molecule is COc1ccc(Br)cc1CC(CC1=CCCCC1)NN. The number of rotatable bonds is 6. The van der Waals surface area contributed by atoms with Crippen LogP contribution in [0.25, 0.3) is 0 Å². The molecule has 1 aliphatic rings. The van der Waals surface area contributed by atoms with E-state index < -0.39 is 0 Å². The fraction of sp³-hybridized carbons (Fsp3) is 0.500. The molecule has 3 N–H and O–H groups in total. The summed E-state index contributed by atoms with van der Waals surface area (Å²) >= 11 is 3.52. The topological polar surface area (TPSA) is 47.3 Å². The van der Waals surface area contributed by atoms with E-state index in [-0.39, 0.29) is 6.04 Å². The maximum atomic E-state index is 5.74. The van der Waals surface area contributed by atoms with Gasteiger partial charge in [-0.05, 0) is 62.3 Å². The number of hydrogen-bond acceptors (Lipinski definition) is 3. The summed E-state index contributed by atoms with van der Waals surface area (Å²) in [6.07, 6.45) is 9.34. The second-order valence-corrected chi connectivity index (χ2v) is 6.25. The van der Waals surface area contributed by atoms with Crippen molar-refractivity contribution in [3.05, 3.63) is 39.9 Å². The van der Waals surface area contributed by atoms with Gasteiger partial charge in [-0.15, -0.1) is 0 Å². The average Bonchev–Trinajstić information content (AvgIpc) is 2.48. The van der Waals surface area contributed by atoms with Gasteiger partial charge in [0, 0.05) is 10.5 Å². The Labute approximate surface area is 129 Å². The van der Waals surface area contributed by atoms with Crippen LogP contribution in [-0.2, 0) is 6.42 Å². The molecule has 1 aliphatic carbocycles. The summed E-state index contributed by atoms with van der Waals surface area (Å²) in [4.78, 5) is 0. The zero-order chi connectivity index (χ0) is 14.4. The molecule has 2 rings (SSSR count). The molecule has 3 nitrogen and oxygen atoms in total. The summed E-state index contributed by atoms with van der Waals surface area (Å²) in [7, 11) is 1.71. The molecular formula is C16H23BrN2O. The first-order valence-electron chi connectivity index (χ1n) is 7.19. The Kier molecular flexibility index (Phi) is 6.07. The summed E-state index contributed by atoms with van der Waals surface area (Å²) in [6.45, 7) is 0. The minimum absolute atomic E-state index is 0.252. The molecule has 1 aromatic rings. The van der Waals surface area contributed by atoms with Crippen molar-refractivity contribution in [3.8, 4) is 5.75 Å². The zero-order valence-electron chi connectivity index (χ0n) is 12.0. The smallest absolute Gasteiger partial charge is 0.122 e. The van der Waals surface area contributed by atoms with Crippen LogP contribution in [0.15, 0.2) is 34.3 Å². The van der Waals surface area contributed by atoms with Gasteiger partial charge in [0.1, 0.15) is 5.75 Å². The van der Waals surface area contributed by atoms with Gasteiger partial charge in [-0.25, -0.2) is 0 Å². The lowest BCUT2D eigenvalue weighted by Gasteiger charge is -2.21. The first kappa shape index (κ1) is 15.5. The van der Waals surface area contributed by atoms with E-state index in [0.29, 0.717) is 0 Å². The third kappa shape index (κ3) is 4.33. The molecule has 0 radical (unpaired) electrons. The maximum absolute atomic E-state index is 5.74. The number of halogens is 1. The van der Waals surface area contributed by atoms with Crippen LogP contribution in [0.3, 0.4) is 0 Å². The van der Waals surface area contributed by atoms with E-state index in [4.69, 9.17) is 10.6 Å². The molecule has 1 unspecified atom stereocenters. The van der Waals surface area contributed by atoms with Gasteiger partial charge >= 0.3 is 0 Å². The third-order valence-corrected chi connectivity index (χ3v) is 4.33. The van der Waals surface area contributed by atoms with Gasteiger partial charge in [-0.2, -0.15) is 0 Å². The van der Waals surface area contributed by atoms with Gasteiger partial charge in [0.25, 0.3) is 0 Å². The van der Waals surface area contributed by atoms with Gasteiger partial charge in [0.2, 0.25) is 0 Å². The Balaban J connectivity index is 2.05. The minimum Gasteiger partial charge on any atom is -0.496 e. The van der Waals surface area contributed by atoms with E-state index in [9.17, 15) is 0 Å². The van der Waals surface area contributed by atoms with Crippen molar-refractivity contribution in [2.75, 3.05) is 7.11 Å². The highest BCUT2D eigenvalue weighted by atomic mass is 79.9. The molecule has 0 saturated heterocycles. The number of allylic oxidation sites excluding steroid dienone is 1. The van der Waals surface area contributed by atoms with E-state index in [0.717, 1.165) is 23.1 Å². The Bertz CT molecular complexity index is 474. The minimum atomic E-state index is 0.252. The van der Waals surface area contributed by atoms with Gasteiger partial charge in [-0.1, -0.05) is 27.6 Å². The lowest BCUT2D eigenvalue weighted by Crippen LogP contribution is -2.37. The molecule has 1 atom stereocenters. The summed E-state index contributed by atoms with van der Waals surface area (Å²) in [5.41, 5.74) is 5.67. The van der Waals surface area contributed by atoms with E-state index in [1.54, 1.807) is 7.11 Å². The van der Waals surface area contributed by atoms with Crippen molar-refractivity contribution in [1.82, 2.24) is 5.43 Å². The lowest BCUT2D eigenvalue weighted by molar-refractivity contribution is 0.404. The van der Waals surface area contributed by atoms with Crippen molar-refractivity contribution in [2.45, 2.75) is 44.6 Å². The molecule has 0 aliphatic heterocycles. The highest BCUT2D eigenvalue weighted by molar-refractivity contribution is 9.10. The van der Waals surface area contributed by atoms with Crippen molar-refractivity contribution in [3.63, 3.8) is 0 Å². The average molecular weight is 339 g/mol. The van der Waals surface area contributed by atoms with E-state index in [2.05, 4.69) is 33.5 Å². The van der Waals surface area contributed by atoms with Crippen LogP contribution in [0.5, 0.6) is 5.75 Å². The van der Waals surface area contributed by atoms with E-state index >= 15 is 0 Å². The molecule has 0 bridgehead atoms. The molecule has 0 fully saturated rings. The summed E-state index contributed by atoms with van der Waals surface area (Å²) in [5, 5.41) is 0. The molecule has 0 heterocycles. The molecule has 0 saturated carbocycles. The predicted molar refractivity (Wildman–Crippen MR) is 86.7 cm³/mol. The second kappa shape index (κ2) is 7.81. The summed E-state index contributed by atoms with van der Waals surface area (Å²) < 4.78 is 6.50. The molecule has 0 aromatic heterocycles. The first-order valence-corrected chi connectivity index (χ1v) is 7.98. The standard InChI is InChI=1S/C16H23BrN2O/c1-20-16-8-7-14(17)10-13(16)11-15(19-18)9-12-5-3-2-4-6-12/h5,7-8,10,15,19H,2-4,6,9,11,18H2,1H3. The van der Waals surface area contributed by atoms with Gasteiger partial charge in [0.05, 0.1) is 7.11 Å². The van der Waals surface area contributed by atoms with Crippen LogP contribution in [-0.4, -0.2) is 13.2 Å². The van der Waals surface area contributed by atoms with Crippen LogP contribution in [0.2, 0.25) is 0 Å². The molecule has 20 heavy (non-hydrogen) atoms. The fourth-order valence-corrected chi connectivity index (χ4v) is 3.18. The second-order valence-electron chi connectivity index (χ2n) is 5.34. The van der Waals surface area contributed by atoms with E-state index in [1.165, 1.54) is 36.8 Å². The Morgan fingerprint density at radius 1 is 1.35 bits per heavy atom. The fourth-order valence-electron chi connectivity index (χ4n) is 2.77. The number of hydrazine groups is 1. The highest BCUT2D eigenvalue weighted by Gasteiger charge is 2.15. The van der Waals surface area contributed by atoms with Crippen molar-refractivity contribution >= 4 is 15.9 Å². The zero-order valence-corrected chi connectivity index (χ0v) is 13.6. The first-order chi connectivity index (χ1) is 9.72. The van der Waals surface area contributed by atoms with Gasteiger partial charge in [-0.3, -0.25) is 11.3 Å².